The average Bonchev–Trinajstić information content (AvgIpc) is 2.28. The molecule has 0 spiro atoms. The lowest BCUT2D eigenvalue weighted by Gasteiger charge is -2.31. The number of hydrogen-bond acceptors (Lipinski definition) is 3. The number of rotatable bonds is 5. The number of aliphatic hydroxyl groups excluding tert-OH is 1. The highest BCUT2D eigenvalue weighted by atomic mass is 32.2. The molecule has 0 saturated carbocycles. The van der Waals surface area contributed by atoms with Crippen molar-refractivity contribution < 1.29 is 13.5 Å². The summed E-state index contributed by atoms with van der Waals surface area (Å²) in [5.41, 5.74) is 0. The molecule has 16 heavy (non-hydrogen) atoms. The molecule has 2 unspecified atom stereocenters. The van der Waals surface area contributed by atoms with Crippen LogP contribution < -0.4 is 0 Å². The number of sulfonamides is 1. The quantitative estimate of drug-likeness (QED) is 0.793. The van der Waals surface area contributed by atoms with Gasteiger partial charge < -0.3 is 5.11 Å². The highest BCUT2D eigenvalue weighted by Crippen LogP contribution is 2.20. The van der Waals surface area contributed by atoms with Gasteiger partial charge in [-0.2, -0.15) is 0 Å². The minimum atomic E-state index is -3.12. The summed E-state index contributed by atoms with van der Waals surface area (Å²) in [6.45, 7) is 5.18. The molecule has 96 valence electrons. The molecule has 1 heterocycles. The first kappa shape index (κ1) is 13.9. The monoisotopic (exact) mass is 249 g/mol. The van der Waals surface area contributed by atoms with Crippen molar-refractivity contribution in [2.45, 2.75) is 33.1 Å². The molecule has 0 radical (unpaired) electrons. The molecule has 1 aliphatic rings. The van der Waals surface area contributed by atoms with Crippen molar-refractivity contribution in [3.63, 3.8) is 0 Å². The number of piperidine rings is 1. The van der Waals surface area contributed by atoms with E-state index in [1.54, 1.807) is 4.31 Å². The summed E-state index contributed by atoms with van der Waals surface area (Å²) in [6, 6.07) is 0. The summed E-state index contributed by atoms with van der Waals surface area (Å²) in [7, 11) is -3.12. The maximum Gasteiger partial charge on any atom is 0.214 e. The van der Waals surface area contributed by atoms with Gasteiger partial charge in [0.2, 0.25) is 10.0 Å². The predicted molar refractivity (Wildman–Crippen MR) is 64.6 cm³/mol. The maximum absolute atomic E-state index is 12.1. The second-order valence-electron chi connectivity index (χ2n) is 4.84. The second-order valence-corrected chi connectivity index (χ2v) is 6.85. The maximum atomic E-state index is 12.1. The highest BCUT2D eigenvalue weighted by Gasteiger charge is 2.29. The standard InChI is InChI=1S/C11H23NO3S/c1-3-10(2)9-16(14,15)12-6-4-5-11(7-12)8-13/h10-11,13H,3-9H2,1-2H3. The molecular formula is C11H23NO3S. The van der Waals surface area contributed by atoms with Crippen molar-refractivity contribution in [3.8, 4) is 0 Å². The Morgan fingerprint density at radius 1 is 1.50 bits per heavy atom. The summed E-state index contributed by atoms with van der Waals surface area (Å²) in [5, 5.41) is 9.08. The van der Waals surface area contributed by atoms with Crippen LogP contribution >= 0.6 is 0 Å². The molecule has 1 rings (SSSR count). The van der Waals surface area contributed by atoms with Gasteiger partial charge in [-0.3, -0.25) is 0 Å². The molecule has 1 N–H and O–H groups in total. The number of nitrogens with zero attached hydrogens (tertiary/aromatic N) is 1. The van der Waals surface area contributed by atoms with E-state index in [9.17, 15) is 8.42 Å². The normalized spacial score (nSPS) is 25.6. The van der Waals surface area contributed by atoms with Gasteiger partial charge in [0.1, 0.15) is 0 Å². The summed E-state index contributed by atoms with van der Waals surface area (Å²) >= 11 is 0. The Labute approximate surface area is 98.7 Å². The van der Waals surface area contributed by atoms with E-state index in [0.717, 1.165) is 19.3 Å². The van der Waals surface area contributed by atoms with E-state index < -0.39 is 10.0 Å². The van der Waals surface area contributed by atoms with Crippen LogP contribution in [0.3, 0.4) is 0 Å². The van der Waals surface area contributed by atoms with Crippen LogP contribution in [0, 0.1) is 11.8 Å². The zero-order chi connectivity index (χ0) is 12.2. The first-order chi connectivity index (χ1) is 7.49. The molecule has 0 aromatic rings. The Kier molecular flexibility index (Phi) is 5.21. The minimum absolute atomic E-state index is 0.0926. The lowest BCUT2D eigenvalue weighted by atomic mass is 10.0. The van der Waals surface area contributed by atoms with Crippen LogP contribution in [0.4, 0.5) is 0 Å². The zero-order valence-corrected chi connectivity index (χ0v) is 11.0. The Morgan fingerprint density at radius 2 is 2.19 bits per heavy atom. The van der Waals surface area contributed by atoms with Gasteiger partial charge in [0.25, 0.3) is 0 Å². The van der Waals surface area contributed by atoms with Crippen LogP contribution in [0.15, 0.2) is 0 Å². The third kappa shape index (κ3) is 3.71. The summed E-state index contributed by atoms with van der Waals surface area (Å²) in [5.74, 6) is 0.571. The van der Waals surface area contributed by atoms with Crippen molar-refractivity contribution in [2.75, 3.05) is 25.4 Å². The predicted octanol–water partition coefficient (Wildman–Crippen LogP) is 1.07. The molecule has 1 saturated heterocycles. The Balaban J connectivity index is 2.61. The van der Waals surface area contributed by atoms with E-state index >= 15 is 0 Å². The fourth-order valence-corrected chi connectivity index (χ4v) is 4.02. The van der Waals surface area contributed by atoms with Crippen molar-refractivity contribution in [2.24, 2.45) is 11.8 Å². The van der Waals surface area contributed by atoms with E-state index in [1.807, 2.05) is 13.8 Å². The lowest BCUT2D eigenvalue weighted by molar-refractivity contribution is 0.165. The van der Waals surface area contributed by atoms with Crippen LogP contribution in [0.5, 0.6) is 0 Å². The van der Waals surface area contributed by atoms with Crippen molar-refractivity contribution in [3.05, 3.63) is 0 Å². The molecule has 1 fully saturated rings. The molecule has 1 aliphatic heterocycles. The van der Waals surface area contributed by atoms with Crippen LogP contribution in [0.2, 0.25) is 0 Å². The summed E-state index contributed by atoms with van der Waals surface area (Å²) in [6.07, 6.45) is 2.69. The first-order valence-electron chi connectivity index (χ1n) is 6.08. The second kappa shape index (κ2) is 5.98. The van der Waals surface area contributed by atoms with Crippen molar-refractivity contribution in [1.29, 1.82) is 0 Å². The lowest BCUT2D eigenvalue weighted by Crippen LogP contribution is -2.42. The van der Waals surface area contributed by atoms with Crippen LogP contribution in [0.25, 0.3) is 0 Å². The molecular weight excluding hydrogens is 226 g/mol. The molecule has 2 atom stereocenters. The minimum Gasteiger partial charge on any atom is -0.396 e. The van der Waals surface area contributed by atoms with Gasteiger partial charge in [-0.25, -0.2) is 12.7 Å². The van der Waals surface area contributed by atoms with E-state index in [0.29, 0.717) is 13.1 Å². The first-order valence-corrected chi connectivity index (χ1v) is 7.69. The molecule has 0 aromatic heterocycles. The van der Waals surface area contributed by atoms with Gasteiger partial charge in [-0.05, 0) is 24.7 Å². The van der Waals surface area contributed by atoms with E-state index in [4.69, 9.17) is 5.11 Å². The van der Waals surface area contributed by atoms with E-state index in [1.165, 1.54) is 0 Å². The third-order valence-electron chi connectivity index (χ3n) is 3.33. The fraction of sp³-hybridized carbons (Fsp3) is 1.00. The van der Waals surface area contributed by atoms with Crippen molar-refractivity contribution >= 4 is 10.0 Å². The topological polar surface area (TPSA) is 57.6 Å². The van der Waals surface area contributed by atoms with Crippen molar-refractivity contribution in [1.82, 2.24) is 4.31 Å². The Morgan fingerprint density at radius 3 is 2.75 bits per heavy atom. The van der Waals surface area contributed by atoms with Gasteiger partial charge in [0, 0.05) is 19.7 Å². The molecule has 5 heteroatoms. The molecule has 0 amide bonds. The fourth-order valence-electron chi connectivity index (χ4n) is 2.01. The van der Waals surface area contributed by atoms with Crippen LogP contribution in [-0.2, 0) is 10.0 Å². The summed E-state index contributed by atoms with van der Waals surface area (Å²) < 4.78 is 25.7. The highest BCUT2D eigenvalue weighted by molar-refractivity contribution is 7.89. The zero-order valence-electron chi connectivity index (χ0n) is 10.2. The third-order valence-corrected chi connectivity index (χ3v) is 5.43. The molecule has 0 aliphatic carbocycles. The van der Waals surface area contributed by atoms with Crippen LogP contribution in [0.1, 0.15) is 33.1 Å². The van der Waals surface area contributed by atoms with Crippen LogP contribution in [-0.4, -0.2) is 43.3 Å². The number of hydrogen-bond donors (Lipinski definition) is 1. The van der Waals surface area contributed by atoms with Gasteiger partial charge >= 0.3 is 0 Å². The largest absolute Gasteiger partial charge is 0.396 e. The smallest absolute Gasteiger partial charge is 0.214 e. The van der Waals surface area contributed by atoms with Gasteiger partial charge in [0.05, 0.1) is 5.75 Å². The van der Waals surface area contributed by atoms with E-state index in [2.05, 4.69) is 0 Å². The average molecular weight is 249 g/mol. The van der Waals surface area contributed by atoms with Gasteiger partial charge in [-0.1, -0.05) is 20.3 Å². The molecule has 0 bridgehead atoms. The van der Waals surface area contributed by atoms with Gasteiger partial charge in [-0.15, -0.1) is 0 Å². The molecule has 0 aromatic carbocycles. The van der Waals surface area contributed by atoms with E-state index in [-0.39, 0.29) is 24.2 Å². The SMILES string of the molecule is CCC(C)CS(=O)(=O)N1CCCC(CO)C1. The summed E-state index contributed by atoms with van der Waals surface area (Å²) in [4.78, 5) is 0. The van der Waals surface area contributed by atoms with Gasteiger partial charge in [0.15, 0.2) is 0 Å². The Bertz CT molecular complexity index is 302. The number of aliphatic hydroxyl groups is 1. The molecule has 4 nitrogen and oxygen atoms in total. The Hall–Kier alpha value is -0.130.